The minimum Gasteiger partial charge on any atom is -0.347 e. The molecule has 1 amide bonds. The molecule has 1 aromatic carbocycles. The van der Waals surface area contributed by atoms with E-state index in [9.17, 15) is 13.2 Å². The van der Waals surface area contributed by atoms with E-state index in [0.29, 0.717) is 30.3 Å². The molecule has 2 fully saturated rings. The molecule has 4 rings (SSSR count). The van der Waals surface area contributed by atoms with E-state index in [1.807, 2.05) is 17.6 Å². The quantitative estimate of drug-likeness (QED) is 0.802. The third kappa shape index (κ3) is 3.13. The van der Waals surface area contributed by atoms with Gasteiger partial charge in [-0.1, -0.05) is 25.0 Å². The van der Waals surface area contributed by atoms with E-state index in [1.54, 1.807) is 25.4 Å². The first-order valence-corrected chi connectivity index (χ1v) is 11.3. The molecule has 2 aromatic rings. The van der Waals surface area contributed by atoms with E-state index < -0.39 is 20.5 Å². The van der Waals surface area contributed by atoms with Crippen LogP contribution in [0.3, 0.4) is 0 Å². The van der Waals surface area contributed by atoms with E-state index in [0.717, 1.165) is 31.2 Å². The Morgan fingerprint density at radius 2 is 1.96 bits per heavy atom. The van der Waals surface area contributed by atoms with E-state index in [1.165, 1.54) is 0 Å². The van der Waals surface area contributed by atoms with Crippen molar-refractivity contribution in [1.82, 2.24) is 20.1 Å². The highest BCUT2D eigenvalue weighted by Crippen LogP contribution is 2.42. The van der Waals surface area contributed by atoms with Crippen molar-refractivity contribution in [2.24, 2.45) is 0 Å². The molecule has 2 aliphatic carbocycles. The Morgan fingerprint density at radius 1 is 1.25 bits per heavy atom. The SMILES string of the molecule is Cc1ccc(C)c(S(=O)(=O)C2(C(=O)NCc3nncn3C3CC3)CCCC2)c1. The molecule has 2 aliphatic rings. The van der Waals surface area contributed by atoms with Crippen molar-refractivity contribution in [3.8, 4) is 0 Å². The van der Waals surface area contributed by atoms with Gasteiger partial charge in [-0.05, 0) is 56.7 Å². The number of nitrogens with zero attached hydrogens (tertiary/aromatic N) is 3. The third-order valence-corrected chi connectivity index (χ3v) is 8.61. The van der Waals surface area contributed by atoms with Crippen LogP contribution in [-0.2, 0) is 21.2 Å². The fourth-order valence-electron chi connectivity index (χ4n) is 4.14. The fourth-order valence-corrected chi connectivity index (χ4v) is 6.54. The Bertz CT molecular complexity index is 1000. The van der Waals surface area contributed by atoms with Crippen molar-refractivity contribution < 1.29 is 13.2 Å². The van der Waals surface area contributed by atoms with Crippen molar-refractivity contribution in [3.63, 3.8) is 0 Å². The molecular weight excluding hydrogens is 376 g/mol. The predicted octanol–water partition coefficient (Wildman–Crippen LogP) is 2.63. The fraction of sp³-hybridized carbons (Fsp3) is 0.550. The van der Waals surface area contributed by atoms with Crippen LogP contribution >= 0.6 is 0 Å². The van der Waals surface area contributed by atoms with Crippen LogP contribution < -0.4 is 5.32 Å². The van der Waals surface area contributed by atoms with Crippen molar-refractivity contribution in [2.75, 3.05) is 0 Å². The maximum Gasteiger partial charge on any atom is 0.242 e. The van der Waals surface area contributed by atoms with Gasteiger partial charge in [0, 0.05) is 6.04 Å². The first-order valence-electron chi connectivity index (χ1n) is 9.84. The second kappa shape index (κ2) is 6.99. The van der Waals surface area contributed by atoms with E-state index in [2.05, 4.69) is 15.5 Å². The maximum atomic E-state index is 13.6. The average molecular weight is 403 g/mol. The number of nitrogens with one attached hydrogen (secondary N) is 1. The highest BCUT2D eigenvalue weighted by atomic mass is 32.2. The van der Waals surface area contributed by atoms with Crippen molar-refractivity contribution in [2.45, 2.75) is 74.6 Å². The summed E-state index contributed by atoms with van der Waals surface area (Å²) < 4.78 is 27.8. The first kappa shape index (κ1) is 19.1. The number of amides is 1. The van der Waals surface area contributed by atoms with Crippen molar-refractivity contribution in [3.05, 3.63) is 41.5 Å². The summed E-state index contributed by atoms with van der Waals surface area (Å²) in [6, 6.07) is 5.78. The second-order valence-electron chi connectivity index (χ2n) is 8.04. The number of benzene rings is 1. The standard InChI is InChI=1S/C20H26N4O3S/c1-14-5-6-15(2)17(11-14)28(26,27)20(9-3-4-10-20)19(25)21-12-18-23-22-13-24(18)16-7-8-16/h5-6,11,13,16H,3-4,7-10,12H2,1-2H3,(H,21,25). The lowest BCUT2D eigenvalue weighted by Crippen LogP contribution is -2.50. The summed E-state index contributed by atoms with van der Waals surface area (Å²) in [4.78, 5) is 13.5. The molecule has 8 heteroatoms. The topological polar surface area (TPSA) is 93.9 Å². The number of hydrogen-bond acceptors (Lipinski definition) is 5. The minimum atomic E-state index is -3.81. The smallest absolute Gasteiger partial charge is 0.242 e. The lowest BCUT2D eigenvalue weighted by atomic mass is 10.1. The van der Waals surface area contributed by atoms with E-state index in [-0.39, 0.29) is 11.4 Å². The van der Waals surface area contributed by atoms with E-state index in [4.69, 9.17) is 0 Å². The zero-order chi connectivity index (χ0) is 19.9. The van der Waals surface area contributed by atoms with Gasteiger partial charge >= 0.3 is 0 Å². The predicted molar refractivity (Wildman–Crippen MR) is 104 cm³/mol. The Balaban J connectivity index is 1.62. The summed E-state index contributed by atoms with van der Waals surface area (Å²) in [5.41, 5.74) is 1.55. The van der Waals surface area contributed by atoms with Gasteiger partial charge in [-0.25, -0.2) is 8.42 Å². The summed E-state index contributed by atoms with van der Waals surface area (Å²) in [7, 11) is -3.81. The highest BCUT2D eigenvalue weighted by molar-refractivity contribution is 7.93. The largest absolute Gasteiger partial charge is 0.347 e. The number of aryl methyl sites for hydroxylation is 2. The lowest BCUT2D eigenvalue weighted by Gasteiger charge is -2.28. The molecule has 0 spiro atoms. The molecule has 7 nitrogen and oxygen atoms in total. The summed E-state index contributed by atoms with van der Waals surface area (Å²) in [5, 5.41) is 10.9. The summed E-state index contributed by atoms with van der Waals surface area (Å²) in [6.45, 7) is 3.84. The molecule has 0 unspecified atom stereocenters. The van der Waals surface area contributed by atoms with Crippen molar-refractivity contribution in [1.29, 1.82) is 0 Å². The number of carbonyl (C=O) groups excluding carboxylic acids is 1. The number of rotatable bonds is 6. The summed E-state index contributed by atoms with van der Waals surface area (Å²) in [5.74, 6) is 0.254. The Labute approximate surface area is 165 Å². The van der Waals surface area contributed by atoms with Gasteiger partial charge < -0.3 is 9.88 Å². The Hall–Kier alpha value is -2.22. The molecule has 0 radical (unpaired) electrons. The normalized spacial score (nSPS) is 18.9. The monoisotopic (exact) mass is 402 g/mol. The Kier molecular flexibility index (Phi) is 4.77. The van der Waals surface area contributed by atoms with Gasteiger partial charge in [-0.15, -0.1) is 10.2 Å². The number of carbonyl (C=O) groups is 1. The molecular formula is C20H26N4O3S. The van der Waals surface area contributed by atoms with Gasteiger partial charge in [0.15, 0.2) is 20.4 Å². The highest BCUT2D eigenvalue weighted by Gasteiger charge is 2.53. The lowest BCUT2D eigenvalue weighted by molar-refractivity contribution is -0.123. The van der Waals surface area contributed by atoms with Crippen molar-refractivity contribution >= 4 is 15.7 Å². The van der Waals surface area contributed by atoms with Crippen LogP contribution in [0.1, 0.15) is 61.5 Å². The van der Waals surface area contributed by atoms with Gasteiger partial charge in [0.1, 0.15) is 6.33 Å². The molecule has 150 valence electrons. The van der Waals surface area contributed by atoms with Crippen LogP contribution in [0.2, 0.25) is 0 Å². The minimum absolute atomic E-state index is 0.194. The summed E-state index contributed by atoms with van der Waals surface area (Å²) in [6.07, 6.45) is 6.02. The maximum absolute atomic E-state index is 13.6. The zero-order valence-corrected chi connectivity index (χ0v) is 17.1. The Morgan fingerprint density at radius 3 is 2.64 bits per heavy atom. The molecule has 0 aliphatic heterocycles. The van der Waals surface area contributed by atoms with Crippen LogP contribution in [-0.4, -0.2) is 33.8 Å². The van der Waals surface area contributed by atoms with E-state index >= 15 is 0 Å². The van der Waals surface area contributed by atoms with Crippen LogP contribution in [0.15, 0.2) is 29.4 Å². The molecule has 0 atom stereocenters. The van der Waals surface area contributed by atoms with Crippen LogP contribution in [0.5, 0.6) is 0 Å². The molecule has 2 saturated carbocycles. The summed E-state index contributed by atoms with van der Waals surface area (Å²) >= 11 is 0. The zero-order valence-electron chi connectivity index (χ0n) is 16.3. The molecule has 28 heavy (non-hydrogen) atoms. The van der Waals surface area contributed by atoms with Gasteiger partial charge in [-0.2, -0.15) is 0 Å². The van der Waals surface area contributed by atoms with Gasteiger partial charge in [-0.3, -0.25) is 4.79 Å². The van der Waals surface area contributed by atoms with Crippen LogP contribution in [0.4, 0.5) is 0 Å². The molecule has 0 saturated heterocycles. The average Bonchev–Trinajstić information content (AvgIpc) is 3.19. The number of hydrogen-bond donors (Lipinski definition) is 1. The molecule has 0 bridgehead atoms. The molecule has 1 aromatic heterocycles. The van der Waals surface area contributed by atoms with Gasteiger partial charge in [0.2, 0.25) is 5.91 Å². The molecule has 1 heterocycles. The third-order valence-electron chi connectivity index (χ3n) is 5.97. The first-order chi connectivity index (χ1) is 13.3. The van der Waals surface area contributed by atoms with Crippen LogP contribution in [0, 0.1) is 13.8 Å². The number of aromatic nitrogens is 3. The second-order valence-corrected chi connectivity index (χ2v) is 10.3. The number of sulfone groups is 1. The van der Waals surface area contributed by atoms with Crippen LogP contribution in [0.25, 0.3) is 0 Å². The van der Waals surface area contributed by atoms with Gasteiger partial charge in [0.25, 0.3) is 0 Å². The molecule has 1 N–H and O–H groups in total. The van der Waals surface area contributed by atoms with Gasteiger partial charge in [0.05, 0.1) is 11.4 Å².